The maximum Gasteiger partial charge on any atom is 0.305 e. The fourth-order valence-corrected chi connectivity index (χ4v) is 12.8. The van der Waals surface area contributed by atoms with Crippen LogP contribution in [0.3, 0.4) is 0 Å². The van der Waals surface area contributed by atoms with E-state index in [-0.39, 0.29) is 42.1 Å². The number of piperidine rings is 1. The Balaban J connectivity index is 0.846. The number of hydrogen-bond donors (Lipinski definition) is 0. The number of amides is 1. The summed E-state index contributed by atoms with van der Waals surface area (Å²) in [6.45, 7) is 11.4. The van der Waals surface area contributed by atoms with Crippen molar-refractivity contribution in [1.82, 2.24) is 19.6 Å². The molecule has 0 aromatic heterocycles. The van der Waals surface area contributed by atoms with Crippen molar-refractivity contribution in [3.63, 3.8) is 0 Å². The van der Waals surface area contributed by atoms with Crippen molar-refractivity contribution in [3.05, 3.63) is 72.1 Å². The number of likely N-dealkylation sites (tertiary alicyclic amines) is 4. The lowest BCUT2D eigenvalue weighted by Gasteiger charge is -2.54. The number of sulfone groups is 1. The Kier molecular flexibility index (Phi) is 12.4. The molecule has 0 bridgehead atoms. The van der Waals surface area contributed by atoms with E-state index in [4.69, 9.17) is 4.74 Å². The van der Waals surface area contributed by atoms with Gasteiger partial charge in [-0.3, -0.25) is 14.5 Å². The summed E-state index contributed by atoms with van der Waals surface area (Å²) in [6.07, 6.45) is 12.8. The number of rotatable bonds is 15. The summed E-state index contributed by atoms with van der Waals surface area (Å²) in [4.78, 5) is 37.0. The third-order valence-corrected chi connectivity index (χ3v) is 16.6. The molecule has 0 unspecified atom stereocenters. The summed E-state index contributed by atoms with van der Waals surface area (Å²) in [5, 5.41) is -0.564. The second-order valence-corrected chi connectivity index (χ2v) is 20.1. The molecule has 5 aliphatic heterocycles. The first-order chi connectivity index (χ1) is 27.6. The van der Waals surface area contributed by atoms with Gasteiger partial charge in [0.15, 0.2) is 9.84 Å². The number of esters is 1. The molecule has 5 heterocycles. The molecule has 2 aromatic carbocycles. The summed E-state index contributed by atoms with van der Waals surface area (Å²) in [6, 6.07) is 14.7. The predicted octanol–water partition coefficient (Wildman–Crippen LogP) is 5.23. The van der Waals surface area contributed by atoms with Gasteiger partial charge >= 0.3 is 5.97 Å². The molecule has 1 aliphatic carbocycles. The van der Waals surface area contributed by atoms with Crippen LogP contribution >= 0.6 is 0 Å². The van der Waals surface area contributed by atoms with Crippen LogP contribution in [0.1, 0.15) is 63.4 Å². The van der Waals surface area contributed by atoms with Gasteiger partial charge in [0.25, 0.3) is 0 Å². The van der Waals surface area contributed by atoms with Crippen LogP contribution in [0.5, 0.6) is 0 Å². The van der Waals surface area contributed by atoms with Crippen LogP contribution in [0, 0.1) is 29.5 Å². The third-order valence-electron chi connectivity index (χ3n) is 14.5. The van der Waals surface area contributed by atoms with Crippen molar-refractivity contribution in [3.8, 4) is 0 Å². The summed E-state index contributed by atoms with van der Waals surface area (Å²) in [5.41, 5.74) is 1.95. The highest BCUT2D eigenvalue weighted by Crippen LogP contribution is 2.54. The van der Waals surface area contributed by atoms with E-state index >= 15 is 4.39 Å². The molecule has 8 rings (SSSR count). The number of carbonyl (C=O) groups excluding carboxylic acids is 2. The standard InChI is InChI=1S/C45H62FN5O5S/c1-56-44(53)26-35-8-4-11-42(35)45(33-49-22-7-23-49,37-9-5-10-38(46)27-37)36-17-24-48(25-18-36)28-34-29-50(30-34)39-13-15-40(16-14-39)57(54,55)41-31-51(32-41)43(52)12-6-21-47-19-2-3-20-47/h5-6,9-10,12-16,27,34-36,41-42H,2-4,7-8,11,17-26,28-33H2,1H3/b12-6+/t35-,42+,45+/m1/s1. The van der Waals surface area contributed by atoms with Gasteiger partial charge in [0.1, 0.15) is 11.1 Å². The van der Waals surface area contributed by atoms with Crippen molar-refractivity contribution in [1.29, 1.82) is 0 Å². The normalized spacial score (nSPS) is 25.6. The molecule has 2 aromatic rings. The van der Waals surface area contributed by atoms with E-state index in [1.165, 1.54) is 26.4 Å². The van der Waals surface area contributed by atoms with Crippen molar-refractivity contribution >= 4 is 27.4 Å². The first kappa shape index (κ1) is 40.5. The van der Waals surface area contributed by atoms with Gasteiger partial charge in [0.05, 0.1) is 12.0 Å². The maximum atomic E-state index is 15.0. The number of carbonyl (C=O) groups is 2. The number of halogens is 1. The molecule has 12 heteroatoms. The van der Waals surface area contributed by atoms with Crippen molar-refractivity contribution in [2.24, 2.45) is 23.7 Å². The Morgan fingerprint density at radius 3 is 2.23 bits per heavy atom. The minimum absolute atomic E-state index is 0.110. The first-order valence-corrected chi connectivity index (χ1v) is 23.2. The van der Waals surface area contributed by atoms with E-state index in [2.05, 4.69) is 25.7 Å². The van der Waals surface area contributed by atoms with Gasteiger partial charge in [-0.2, -0.15) is 0 Å². The van der Waals surface area contributed by atoms with Crippen LogP contribution in [0.4, 0.5) is 10.1 Å². The maximum absolute atomic E-state index is 15.0. The monoisotopic (exact) mass is 803 g/mol. The molecule has 10 nitrogen and oxygen atoms in total. The van der Waals surface area contributed by atoms with Crippen LogP contribution < -0.4 is 4.90 Å². The van der Waals surface area contributed by atoms with Crippen molar-refractivity contribution < 1.29 is 27.1 Å². The molecule has 6 aliphatic rings. The van der Waals surface area contributed by atoms with Gasteiger partial charge in [-0.1, -0.05) is 24.6 Å². The third kappa shape index (κ3) is 8.70. The molecule has 0 spiro atoms. The summed E-state index contributed by atoms with van der Waals surface area (Å²) < 4.78 is 47.0. The van der Waals surface area contributed by atoms with Crippen LogP contribution in [-0.4, -0.2) is 137 Å². The molecular weight excluding hydrogens is 742 g/mol. The van der Waals surface area contributed by atoms with Gasteiger partial charge in [0, 0.05) is 75.3 Å². The largest absolute Gasteiger partial charge is 0.469 e. The quantitative estimate of drug-likeness (QED) is 0.177. The molecule has 1 amide bonds. The van der Waals surface area contributed by atoms with Gasteiger partial charge in [-0.05, 0) is 144 Å². The van der Waals surface area contributed by atoms with Gasteiger partial charge in [0.2, 0.25) is 5.91 Å². The van der Waals surface area contributed by atoms with E-state index in [1.807, 2.05) is 24.3 Å². The zero-order valence-corrected chi connectivity index (χ0v) is 34.6. The van der Waals surface area contributed by atoms with Crippen molar-refractivity contribution in [2.45, 2.75) is 73.3 Å². The topological polar surface area (TPSA) is 93.7 Å². The first-order valence-electron chi connectivity index (χ1n) is 21.7. The second-order valence-electron chi connectivity index (χ2n) is 17.9. The Bertz CT molecular complexity index is 1850. The fourth-order valence-electron chi connectivity index (χ4n) is 11.2. The Morgan fingerprint density at radius 1 is 0.842 bits per heavy atom. The number of anilines is 1. The smallest absolute Gasteiger partial charge is 0.305 e. The molecule has 0 N–H and O–H groups in total. The van der Waals surface area contributed by atoms with Gasteiger partial charge in [-0.15, -0.1) is 0 Å². The van der Waals surface area contributed by atoms with E-state index in [0.717, 1.165) is 115 Å². The lowest BCUT2D eigenvalue weighted by Crippen LogP contribution is -2.58. The van der Waals surface area contributed by atoms with E-state index in [9.17, 15) is 18.0 Å². The number of ether oxygens (including phenoxy) is 1. The minimum atomic E-state index is -3.51. The number of methoxy groups -OCH3 is 1. The highest BCUT2D eigenvalue weighted by atomic mass is 32.2. The molecular formula is C45H62FN5O5S. The second kappa shape index (κ2) is 17.5. The van der Waals surface area contributed by atoms with Crippen molar-refractivity contribution in [2.75, 3.05) is 97.1 Å². The minimum Gasteiger partial charge on any atom is -0.469 e. The average Bonchev–Trinajstić information content (AvgIpc) is 3.85. The predicted molar refractivity (Wildman–Crippen MR) is 220 cm³/mol. The fraction of sp³-hybridized carbons (Fsp3) is 0.644. The highest BCUT2D eigenvalue weighted by molar-refractivity contribution is 7.92. The summed E-state index contributed by atoms with van der Waals surface area (Å²) in [5.74, 6) is 1.06. The lowest BCUT2D eigenvalue weighted by molar-refractivity contribution is -0.142. The average molecular weight is 804 g/mol. The van der Waals surface area contributed by atoms with Crippen LogP contribution in [0.2, 0.25) is 0 Å². The molecule has 3 atom stereocenters. The Morgan fingerprint density at radius 2 is 1.56 bits per heavy atom. The molecule has 310 valence electrons. The molecule has 1 saturated carbocycles. The zero-order valence-electron chi connectivity index (χ0n) is 33.8. The van der Waals surface area contributed by atoms with E-state index in [1.54, 1.807) is 35.2 Å². The van der Waals surface area contributed by atoms with E-state index in [0.29, 0.717) is 29.1 Å². The number of benzene rings is 2. The van der Waals surface area contributed by atoms with Gasteiger partial charge < -0.3 is 24.3 Å². The zero-order chi connectivity index (χ0) is 39.6. The summed E-state index contributed by atoms with van der Waals surface area (Å²) in [7, 11) is -2.03. The SMILES string of the molecule is COC(=O)C[C@H]1CCC[C@@H]1[C@](CN1CCC1)(c1cccc(F)c1)C1CCN(CC2CN(c3ccc(S(=O)(=O)C4CN(C(=O)/C=C/CN5CCCC5)C4)cc3)C2)CC1. The van der Waals surface area contributed by atoms with Gasteiger partial charge in [-0.25, -0.2) is 12.8 Å². The molecule has 5 saturated heterocycles. The Labute approximate surface area is 339 Å². The Hall–Kier alpha value is -3.32. The molecule has 57 heavy (non-hydrogen) atoms. The van der Waals surface area contributed by atoms with Crippen LogP contribution in [0.15, 0.2) is 65.6 Å². The highest BCUT2D eigenvalue weighted by Gasteiger charge is 2.53. The van der Waals surface area contributed by atoms with E-state index < -0.39 is 15.1 Å². The number of nitrogens with zero attached hydrogens (tertiary/aromatic N) is 5. The lowest BCUT2D eigenvalue weighted by atomic mass is 9.56. The molecule has 0 radical (unpaired) electrons. The molecule has 6 fully saturated rings. The van der Waals surface area contributed by atoms with Crippen LogP contribution in [-0.2, 0) is 29.6 Å². The number of hydrogen-bond acceptors (Lipinski definition) is 9. The van der Waals surface area contributed by atoms with Crippen LogP contribution in [0.25, 0.3) is 0 Å². The summed E-state index contributed by atoms with van der Waals surface area (Å²) >= 11 is 0.